The Labute approximate surface area is 77.9 Å². The molecule has 0 saturated carbocycles. The lowest BCUT2D eigenvalue weighted by molar-refractivity contribution is -0.136. The van der Waals surface area contributed by atoms with Crippen LogP contribution in [-0.2, 0) is 4.79 Å². The summed E-state index contributed by atoms with van der Waals surface area (Å²) >= 11 is 4.24. The van der Waals surface area contributed by atoms with Crippen molar-refractivity contribution in [2.24, 2.45) is 5.73 Å². The average molecular weight is 189 g/mol. The van der Waals surface area contributed by atoms with Gasteiger partial charge >= 0.3 is 0 Å². The minimum absolute atomic E-state index is 0.0613. The highest BCUT2D eigenvalue weighted by molar-refractivity contribution is 7.80. The van der Waals surface area contributed by atoms with Crippen molar-refractivity contribution >= 4 is 18.5 Å². The van der Waals surface area contributed by atoms with Crippen LogP contribution in [0.2, 0.25) is 0 Å². The van der Waals surface area contributed by atoms with Crippen LogP contribution in [0.1, 0.15) is 19.8 Å². The van der Waals surface area contributed by atoms with E-state index in [1.54, 1.807) is 11.9 Å². The number of amides is 1. The fraction of sp³-hybridized carbons (Fsp3) is 0.857. The summed E-state index contributed by atoms with van der Waals surface area (Å²) in [4.78, 5) is 11.3. The van der Waals surface area contributed by atoms with Crippen molar-refractivity contribution in [1.29, 1.82) is 0 Å². The van der Waals surface area contributed by atoms with E-state index in [0.29, 0.717) is 0 Å². The summed E-state index contributed by atoms with van der Waals surface area (Å²) in [6.45, 7) is 2.42. The van der Waals surface area contributed by atoms with Crippen molar-refractivity contribution in [3.8, 4) is 0 Å². The van der Waals surface area contributed by atoms with Crippen LogP contribution in [0.4, 0.5) is 0 Å². The largest absolute Gasteiger partial charge is 0.320 e. The van der Waals surface area contributed by atoms with Gasteiger partial charge in [0.2, 0.25) is 0 Å². The fourth-order valence-electron chi connectivity index (χ4n) is 1.17. The third kappa shape index (κ3) is 2.36. The molecule has 1 aliphatic rings. The molecule has 3 N–H and O–H groups in total. The number of carbonyl (C=O) groups excluding carboxylic acids is 1. The van der Waals surface area contributed by atoms with Gasteiger partial charge in [-0.2, -0.15) is 12.6 Å². The Kier molecular flexibility index (Phi) is 3.37. The summed E-state index contributed by atoms with van der Waals surface area (Å²) in [5.41, 5.74) is 8.42. The average Bonchev–Trinajstić information content (AvgIpc) is 2.03. The first-order valence-corrected chi connectivity index (χ1v) is 4.64. The second kappa shape index (κ2) is 4.11. The Morgan fingerprint density at radius 2 is 2.50 bits per heavy atom. The van der Waals surface area contributed by atoms with Gasteiger partial charge in [0.15, 0.2) is 0 Å². The van der Waals surface area contributed by atoms with E-state index in [2.05, 4.69) is 18.1 Å². The summed E-state index contributed by atoms with van der Waals surface area (Å²) in [7, 11) is 0. The molecule has 1 amide bonds. The van der Waals surface area contributed by atoms with Crippen molar-refractivity contribution in [3.05, 3.63) is 0 Å². The molecule has 12 heavy (non-hydrogen) atoms. The standard InChI is InChI=1S/C7H15N3OS/c1-5(8)7(11)10-4-2-3-6(12)9-10/h5-6,9,12H,2-4,8H2,1H3/t5-,6+/m0/s1. The van der Waals surface area contributed by atoms with E-state index in [4.69, 9.17) is 5.73 Å². The maximum absolute atomic E-state index is 11.3. The minimum Gasteiger partial charge on any atom is -0.320 e. The van der Waals surface area contributed by atoms with Crippen LogP contribution >= 0.6 is 12.6 Å². The van der Waals surface area contributed by atoms with E-state index in [0.717, 1.165) is 19.4 Å². The number of rotatable bonds is 1. The smallest absolute Gasteiger partial charge is 0.253 e. The van der Waals surface area contributed by atoms with Crippen LogP contribution in [-0.4, -0.2) is 28.9 Å². The zero-order valence-corrected chi connectivity index (χ0v) is 8.05. The van der Waals surface area contributed by atoms with Gasteiger partial charge in [0.05, 0.1) is 11.4 Å². The van der Waals surface area contributed by atoms with Gasteiger partial charge in [0.25, 0.3) is 5.91 Å². The zero-order chi connectivity index (χ0) is 9.14. The van der Waals surface area contributed by atoms with E-state index in [9.17, 15) is 4.79 Å². The second-order valence-electron chi connectivity index (χ2n) is 3.07. The highest BCUT2D eigenvalue weighted by Gasteiger charge is 2.22. The summed E-state index contributed by atoms with van der Waals surface area (Å²) in [6.07, 6.45) is 1.98. The number of nitrogens with zero attached hydrogens (tertiary/aromatic N) is 1. The Morgan fingerprint density at radius 1 is 1.83 bits per heavy atom. The SMILES string of the molecule is C[C@H](N)C(=O)N1CCC[C@@H](S)N1. The van der Waals surface area contributed by atoms with Gasteiger partial charge in [-0.1, -0.05) is 0 Å². The first-order valence-electron chi connectivity index (χ1n) is 4.12. The molecule has 1 heterocycles. The Morgan fingerprint density at radius 3 is 3.00 bits per heavy atom. The third-order valence-electron chi connectivity index (χ3n) is 1.82. The second-order valence-corrected chi connectivity index (χ2v) is 3.69. The van der Waals surface area contributed by atoms with Crippen molar-refractivity contribution in [2.45, 2.75) is 31.2 Å². The summed E-state index contributed by atoms with van der Waals surface area (Å²) in [5, 5.41) is 1.65. The van der Waals surface area contributed by atoms with E-state index >= 15 is 0 Å². The van der Waals surface area contributed by atoms with Gasteiger partial charge in [-0.05, 0) is 19.8 Å². The molecule has 0 unspecified atom stereocenters. The van der Waals surface area contributed by atoms with Crippen molar-refractivity contribution in [3.63, 3.8) is 0 Å². The molecule has 0 bridgehead atoms. The lowest BCUT2D eigenvalue weighted by Gasteiger charge is -2.32. The first kappa shape index (κ1) is 9.83. The maximum atomic E-state index is 11.3. The molecule has 0 spiro atoms. The quantitative estimate of drug-likeness (QED) is 0.497. The van der Waals surface area contributed by atoms with Crippen molar-refractivity contribution in [2.75, 3.05) is 6.54 Å². The highest BCUT2D eigenvalue weighted by Crippen LogP contribution is 2.10. The van der Waals surface area contributed by atoms with Gasteiger partial charge in [0.1, 0.15) is 0 Å². The Balaban J connectivity index is 2.46. The number of thiol groups is 1. The molecule has 0 aliphatic carbocycles. The van der Waals surface area contributed by atoms with Crippen LogP contribution in [0.25, 0.3) is 0 Å². The normalized spacial score (nSPS) is 26.9. The molecule has 5 heteroatoms. The minimum atomic E-state index is -0.434. The first-order chi connectivity index (χ1) is 5.61. The van der Waals surface area contributed by atoms with Crippen LogP contribution in [0.15, 0.2) is 0 Å². The molecule has 0 aromatic rings. The Hall–Kier alpha value is -0.260. The molecule has 0 aromatic carbocycles. The van der Waals surface area contributed by atoms with E-state index in [1.165, 1.54) is 0 Å². The lowest BCUT2D eigenvalue weighted by Crippen LogP contribution is -2.54. The topological polar surface area (TPSA) is 58.4 Å². The van der Waals surface area contributed by atoms with Crippen LogP contribution < -0.4 is 11.2 Å². The lowest BCUT2D eigenvalue weighted by atomic mass is 10.2. The van der Waals surface area contributed by atoms with Crippen LogP contribution in [0.5, 0.6) is 0 Å². The van der Waals surface area contributed by atoms with E-state index < -0.39 is 6.04 Å². The molecule has 4 nitrogen and oxygen atoms in total. The van der Waals surface area contributed by atoms with Crippen molar-refractivity contribution < 1.29 is 4.79 Å². The summed E-state index contributed by atoms with van der Waals surface area (Å²) in [6, 6.07) is -0.434. The van der Waals surface area contributed by atoms with Gasteiger partial charge < -0.3 is 5.73 Å². The molecule has 0 radical (unpaired) electrons. The predicted molar refractivity (Wildman–Crippen MR) is 50.5 cm³/mol. The third-order valence-corrected chi connectivity index (χ3v) is 2.19. The van der Waals surface area contributed by atoms with E-state index in [1.807, 2.05) is 0 Å². The summed E-state index contributed by atoms with van der Waals surface area (Å²) in [5.74, 6) is -0.0613. The van der Waals surface area contributed by atoms with Crippen LogP contribution in [0, 0.1) is 0 Å². The summed E-state index contributed by atoms with van der Waals surface area (Å²) < 4.78 is 0. The number of hydrogen-bond acceptors (Lipinski definition) is 4. The molecule has 1 fully saturated rings. The fourth-order valence-corrected chi connectivity index (χ4v) is 1.49. The number of carbonyl (C=O) groups is 1. The molecular weight excluding hydrogens is 174 g/mol. The van der Waals surface area contributed by atoms with Crippen LogP contribution in [0.3, 0.4) is 0 Å². The molecule has 0 aromatic heterocycles. The van der Waals surface area contributed by atoms with E-state index in [-0.39, 0.29) is 11.3 Å². The number of nitrogens with two attached hydrogens (primary N) is 1. The van der Waals surface area contributed by atoms with Gasteiger partial charge in [-0.25, -0.2) is 5.43 Å². The number of nitrogens with one attached hydrogen (secondary N) is 1. The molecule has 2 atom stereocenters. The molecule has 1 saturated heterocycles. The Bertz CT molecular complexity index is 174. The van der Waals surface area contributed by atoms with Gasteiger partial charge in [-0.15, -0.1) is 0 Å². The molecule has 1 rings (SSSR count). The molecule has 70 valence electrons. The van der Waals surface area contributed by atoms with Gasteiger partial charge in [-0.3, -0.25) is 9.80 Å². The molecular formula is C7H15N3OS. The highest BCUT2D eigenvalue weighted by atomic mass is 32.1. The molecule has 1 aliphatic heterocycles. The van der Waals surface area contributed by atoms with Crippen molar-refractivity contribution in [1.82, 2.24) is 10.4 Å². The predicted octanol–water partition coefficient (Wildman–Crippen LogP) is -0.284. The monoisotopic (exact) mass is 189 g/mol. The van der Waals surface area contributed by atoms with Gasteiger partial charge in [0, 0.05) is 6.54 Å². The number of hydrazine groups is 1. The maximum Gasteiger partial charge on any atom is 0.253 e. The number of hydrogen-bond donors (Lipinski definition) is 3. The zero-order valence-electron chi connectivity index (χ0n) is 7.16.